The van der Waals surface area contributed by atoms with Gasteiger partial charge in [-0.15, -0.1) is 11.3 Å². The van der Waals surface area contributed by atoms with Gasteiger partial charge in [-0.25, -0.2) is 4.98 Å². The van der Waals surface area contributed by atoms with E-state index in [-0.39, 0.29) is 0 Å². The summed E-state index contributed by atoms with van der Waals surface area (Å²) in [5.74, 6) is 0. The summed E-state index contributed by atoms with van der Waals surface area (Å²) in [6, 6.07) is 58.7. The Labute approximate surface area is 286 Å². The lowest BCUT2D eigenvalue weighted by atomic mass is 9.99. The molecule has 0 N–H and O–H groups in total. The maximum absolute atomic E-state index is 6.28. The third-order valence-electron chi connectivity index (χ3n) is 9.55. The molecule has 7 aromatic carbocycles. The SMILES string of the molecule is c1ccc(-c2ccc(N(c3ccc(-c4ccc5ccc6c7cccnc7oc6c5c4)cc3)c3cccc4c3sc3ccccc34)cc2)cc1. The number of thiophene rings is 1. The minimum absolute atomic E-state index is 0.672. The van der Waals surface area contributed by atoms with E-state index in [1.807, 2.05) is 17.4 Å². The van der Waals surface area contributed by atoms with Crippen molar-refractivity contribution in [3.63, 3.8) is 0 Å². The Bertz CT molecular complexity index is 2810. The van der Waals surface area contributed by atoms with Gasteiger partial charge in [0.15, 0.2) is 0 Å². The molecule has 0 aliphatic carbocycles. The lowest BCUT2D eigenvalue weighted by molar-refractivity contribution is 0.657. The molecule has 0 saturated carbocycles. The summed E-state index contributed by atoms with van der Waals surface area (Å²) in [6.45, 7) is 0. The van der Waals surface area contributed by atoms with Gasteiger partial charge in [0.1, 0.15) is 5.58 Å². The van der Waals surface area contributed by atoms with Crippen molar-refractivity contribution in [2.75, 3.05) is 4.90 Å². The van der Waals surface area contributed by atoms with Crippen LogP contribution in [-0.4, -0.2) is 4.98 Å². The highest BCUT2D eigenvalue weighted by Gasteiger charge is 2.19. The molecule has 10 aromatic rings. The smallest absolute Gasteiger partial charge is 0.227 e. The molecule has 0 atom stereocenters. The number of nitrogens with zero attached hydrogens (tertiary/aromatic N) is 2. The number of pyridine rings is 1. The zero-order valence-electron chi connectivity index (χ0n) is 26.4. The fraction of sp³-hybridized carbons (Fsp3) is 0. The topological polar surface area (TPSA) is 29.3 Å². The molecular formula is C45H28N2OS. The second-order valence-corrected chi connectivity index (χ2v) is 13.4. The van der Waals surface area contributed by atoms with Gasteiger partial charge in [-0.3, -0.25) is 0 Å². The molecule has 0 unspecified atom stereocenters. The molecular weight excluding hydrogens is 617 g/mol. The summed E-state index contributed by atoms with van der Waals surface area (Å²) >= 11 is 1.85. The first kappa shape index (κ1) is 27.8. The second kappa shape index (κ2) is 11.2. The van der Waals surface area contributed by atoms with Gasteiger partial charge >= 0.3 is 0 Å². The molecule has 0 saturated heterocycles. The monoisotopic (exact) mass is 644 g/mol. The van der Waals surface area contributed by atoms with E-state index >= 15 is 0 Å². The molecule has 49 heavy (non-hydrogen) atoms. The van der Waals surface area contributed by atoms with Crippen LogP contribution in [0.3, 0.4) is 0 Å². The van der Waals surface area contributed by atoms with Crippen LogP contribution in [0.15, 0.2) is 174 Å². The highest BCUT2D eigenvalue weighted by molar-refractivity contribution is 7.26. The Morgan fingerprint density at radius 1 is 0.469 bits per heavy atom. The van der Waals surface area contributed by atoms with Crippen LogP contribution in [0, 0.1) is 0 Å². The predicted molar refractivity (Wildman–Crippen MR) is 207 cm³/mol. The highest BCUT2D eigenvalue weighted by Crippen LogP contribution is 2.45. The summed E-state index contributed by atoms with van der Waals surface area (Å²) in [5.41, 5.74) is 9.65. The quantitative estimate of drug-likeness (QED) is 0.187. The number of hydrogen-bond acceptors (Lipinski definition) is 4. The number of fused-ring (bicyclic) bond motifs is 8. The van der Waals surface area contributed by atoms with E-state index in [1.165, 1.54) is 37.0 Å². The highest BCUT2D eigenvalue weighted by atomic mass is 32.1. The van der Waals surface area contributed by atoms with Crippen LogP contribution in [0.25, 0.3) is 75.3 Å². The molecule has 0 bridgehead atoms. The van der Waals surface area contributed by atoms with Crippen molar-refractivity contribution in [3.8, 4) is 22.3 Å². The van der Waals surface area contributed by atoms with E-state index in [0.29, 0.717) is 5.71 Å². The first-order valence-corrected chi connectivity index (χ1v) is 17.3. The van der Waals surface area contributed by atoms with Crippen molar-refractivity contribution in [3.05, 3.63) is 170 Å². The van der Waals surface area contributed by atoms with Crippen LogP contribution >= 0.6 is 11.3 Å². The van der Waals surface area contributed by atoms with Crippen LogP contribution < -0.4 is 4.90 Å². The molecule has 0 amide bonds. The number of furan rings is 1. The van der Waals surface area contributed by atoms with Crippen molar-refractivity contribution >= 4 is 81.4 Å². The largest absolute Gasteiger partial charge is 0.437 e. The fourth-order valence-electron chi connectivity index (χ4n) is 7.14. The minimum atomic E-state index is 0.672. The molecule has 0 aliphatic rings. The summed E-state index contributed by atoms with van der Waals surface area (Å²) in [7, 11) is 0. The first-order chi connectivity index (χ1) is 24.3. The standard InChI is InChI=1S/C45H28N2OS/c1-2-8-29(9-3-1)30-17-22-34(23-18-30)47(41-13-6-11-38-36-10-4-5-14-42(36)49-44(38)41)35-24-19-31(20-25-35)33-16-15-32-21-26-37-39-12-7-27-46-45(39)48-43(37)40(32)28-33/h1-28H. The summed E-state index contributed by atoms with van der Waals surface area (Å²) in [4.78, 5) is 6.85. The molecule has 0 spiro atoms. The maximum atomic E-state index is 6.28. The second-order valence-electron chi connectivity index (χ2n) is 12.4. The van der Waals surface area contributed by atoms with E-state index in [4.69, 9.17) is 4.42 Å². The third kappa shape index (κ3) is 4.61. The van der Waals surface area contributed by atoms with Gasteiger partial charge in [-0.05, 0) is 88.3 Å². The van der Waals surface area contributed by atoms with E-state index in [1.54, 1.807) is 6.20 Å². The number of anilines is 3. The fourth-order valence-corrected chi connectivity index (χ4v) is 8.35. The lowest BCUT2D eigenvalue weighted by Gasteiger charge is -2.26. The van der Waals surface area contributed by atoms with Crippen molar-refractivity contribution in [1.29, 1.82) is 0 Å². The Morgan fingerprint density at radius 3 is 1.94 bits per heavy atom. The van der Waals surface area contributed by atoms with Crippen LogP contribution in [0.1, 0.15) is 0 Å². The van der Waals surface area contributed by atoms with Crippen LogP contribution in [0.4, 0.5) is 17.1 Å². The van der Waals surface area contributed by atoms with Gasteiger partial charge in [0.2, 0.25) is 5.71 Å². The Kier molecular flexibility index (Phi) is 6.36. The Balaban J connectivity index is 1.10. The summed E-state index contributed by atoms with van der Waals surface area (Å²) < 4.78 is 8.86. The van der Waals surface area contributed by atoms with E-state index < -0.39 is 0 Å². The molecule has 230 valence electrons. The molecule has 3 aromatic heterocycles. The number of benzene rings is 7. The van der Waals surface area contributed by atoms with Crippen LogP contribution in [0.5, 0.6) is 0 Å². The third-order valence-corrected chi connectivity index (χ3v) is 10.8. The average Bonchev–Trinajstić information content (AvgIpc) is 3.75. The van der Waals surface area contributed by atoms with Crippen molar-refractivity contribution in [1.82, 2.24) is 4.98 Å². The average molecular weight is 645 g/mol. The first-order valence-electron chi connectivity index (χ1n) is 16.4. The molecule has 0 radical (unpaired) electrons. The van der Waals surface area contributed by atoms with E-state index in [9.17, 15) is 0 Å². The van der Waals surface area contributed by atoms with Crippen LogP contribution in [-0.2, 0) is 0 Å². The minimum Gasteiger partial charge on any atom is -0.437 e. The van der Waals surface area contributed by atoms with Gasteiger partial charge in [-0.2, -0.15) is 0 Å². The van der Waals surface area contributed by atoms with Gasteiger partial charge in [-0.1, -0.05) is 103 Å². The normalized spacial score (nSPS) is 11.7. The summed E-state index contributed by atoms with van der Waals surface area (Å²) in [5, 5.41) is 6.95. The molecule has 10 rings (SSSR count). The number of rotatable bonds is 5. The Morgan fingerprint density at radius 2 is 1.12 bits per heavy atom. The van der Waals surface area contributed by atoms with E-state index in [0.717, 1.165) is 49.6 Å². The van der Waals surface area contributed by atoms with E-state index in [2.05, 4.69) is 168 Å². The predicted octanol–water partition coefficient (Wildman–Crippen LogP) is 13.3. The molecule has 4 heteroatoms. The number of aromatic nitrogens is 1. The summed E-state index contributed by atoms with van der Waals surface area (Å²) in [6.07, 6.45) is 1.78. The molecule has 3 heterocycles. The van der Waals surface area contributed by atoms with Gasteiger partial charge in [0, 0.05) is 49.2 Å². The lowest BCUT2D eigenvalue weighted by Crippen LogP contribution is -2.10. The van der Waals surface area contributed by atoms with Gasteiger partial charge in [0.05, 0.1) is 10.4 Å². The van der Waals surface area contributed by atoms with Gasteiger partial charge < -0.3 is 9.32 Å². The van der Waals surface area contributed by atoms with Crippen molar-refractivity contribution in [2.45, 2.75) is 0 Å². The maximum Gasteiger partial charge on any atom is 0.227 e. The van der Waals surface area contributed by atoms with Gasteiger partial charge in [0.25, 0.3) is 0 Å². The zero-order chi connectivity index (χ0) is 32.3. The molecule has 3 nitrogen and oxygen atoms in total. The van der Waals surface area contributed by atoms with Crippen LogP contribution in [0.2, 0.25) is 0 Å². The zero-order valence-corrected chi connectivity index (χ0v) is 27.2. The number of hydrogen-bond donors (Lipinski definition) is 0. The van der Waals surface area contributed by atoms with Crippen molar-refractivity contribution in [2.24, 2.45) is 0 Å². The van der Waals surface area contributed by atoms with Crippen molar-refractivity contribution < 1.29 is 4.42 Å². The Hall–Kier alpha value is -6.23. The molecule has 0 fully saturated rings. The molecule has 0 aliphatic heterocycles.